The fourth-order valence-corrected chi connectivity index (χ4v) is 2.90. The maximum Gasteiger partial charge on any atom is 0.223 e. The summed E-state index contributed by atoms with van der Waals surface area (Å²) in [6.45, 7) is 9.88. The number of nitrogens with two attached hydrogens (primary N) is 1. The maximum atomic E-state index is 12.1. The van der Waals surface area contributed by atoms with Crippen molar-refractivity contribution in [2.75, 3.05) is 26.2 Å². The first-order valence-corrected chi connectivity index (χ1v) is 7.32. The highest BCUT2D eigenvalue weighted by Crippen LogP contribution is 2.30. The quantitative estimate of drug-likeness (QED) is 0.752. The molecule has 0 heterocycles. The maximum absolute atomic E-state index is 12.1. The molecule has 1 aliphatic carbocycles. The first-order chi connectivity index (χ1) is 8.60. The Bertz CT molecular complexity index is 265. The predicted molar refractivity (Wildman–Crippen MR) is 89.8 cm³/mol. The molecule has 0 aromatic heterocycles. The second kappa shape index (κ2) is 11.6. The summed E-state index contributed by atoms with van der Waals surface area (Å²) in [7, 11) is 0. The molecule has 1 saturated carbocycles. The molecule has 0 aromatic rings. The van der Waals surface area contributed by atoms with Crippen LogP contribution in [0.2, 0.25) is 0 Å². The molecule has 122 valence electrons. The molecular formula is C14H31Cl2N3O. The van der Waals surface area contributed by atoms with E-state index in [9.17, 15) is 4.79 Å². The Hall–Kier alpha value is -0.0300. The first kappa shape index (κ1) is 22.3. The van der Waals surface area contributed by atoms with Gasteiger partial charge in [0.1, 0.15) is 0 Å². The second-order valence-electron chi connectivity index (χ2n) is 5.55. The predicted octanol–water partition coefficient (Wildman–Crippen LogP) is 2.05. The van der Waals surface area contributed by atoms with E-state index in [2.05, 4.69) is 31.0 Å². The molecule has 0 aromatic carbocycles. The van der Waals surface area contributed by atoms with Crippen molar-refractivity contribution in [2.45, 2.75) is 46.1 Å². The normalized spacial score (nSPS) is 21.5. The third kappa shape index (κ3) is 6.61. The van der Waals surface area contributed by atoms with Crippen molar-refractivity contribution in [3.05, 3.63) is 0 Å². The van der Waals surface area contributed by atoms with Crippen LogP contribution in [-0.2, 0) is 4.79 Å². The molecule has 3 N–H and O–H groups in total. The SMILES string of the molecule is CCN(CCNC(=O)[C@@H]1CCC[C@@H]1CN)C(C)C.Cl.Cl. The summed E-state index contributed by atoms with van der Waals surface area (Å²) < 4.78 is 0. The van der Waals surface area contributed by atoms with Crippen molar-refractivity contribution in [2.24, 2.45) is 17.6 Å². The van der Waals surface area contributed by atoms with Gasteiger partial charge in [0.15, 0.2) is 0 Å². The Morgan fingerprint density at radius 1 is 1.35 bits per heavy atom. The van der Waals surface area contributed by atoms with Crippen LogP contribution in [0, 0.1) is 11.8 Å². The minimum absolute atomic E-state index is 0. The average molecular weight is 328 g/mol. The molecule has 1 amide bonds. The molecular weight excluding hydrogens is 297 g/mol. The summed E-state index contributed by atoms with van der Waals surface area (Å²) >= 11 is 0. The van der Waals surface area contributed by atoms with Crippen LogP contribution in [0.25, 0.3) is 0 Å². The van der Waals surface area contributed by atoms with Crippen LogP contribution in [0.15, 0.2) is 0 Å². The average Bonchev–Trinajstić information content (AvgIpc) is 2.82. The number of hydrogen-bond donors (Lipinski definition) is 2. The van der Waals surface area contributed by atoms with Crippen LogP contribution < -0.4 is 11.1 Å². The number of hydrogen-bond acceptors (Lipinski definition) is 3. The molecule has 2 atom stereocenters. The monoisotopic (exact) mass is 327 g/mol. The number of nitrogens with one attached hydrogen (secondary N) is 1. The Morgan fingerprint density at radius 3 is 2.50 bits per heavy atom. The minimum Gasteiger partial charge on any atom is -0.355 e. The first-order valence-electron chi connectivity index (χ1n) is 7.32. The largest absolute Gasteiger partial charge is 0.355 e. The summed E-state index contributed by atoms with van der Waals surface area (Å²) in [5.41, 5.74) is 5.71. The summed E-state index contributed by atoms with van der Waals surface area (Å²) in [6, 6.07) is 0.537. The lowest BCUT2D eigenvalue weighted by atomic mass is 9.95. The van der Waals surface area contributed by atoms with E-state index in [1.165, 1.54) is 0 Å². The molecule has 1 fully saturated rings. The van der Waals surface area contributed by atoms with Gasteiger partial charge >= 0.3 is 0 Å². The Kier molecular flexibility index (Phi) is 12.9. The Labute approximate surface area is 136 Å². The van der Waals surface area contributed by atoms with Crippen molar-refractivity contribution < 1.29 is 4.79 Å². The highest BCUT2D eigenvalue weighted by Gasteiger charge is 2.31. The smallest absolute Gasteiger partial charge is 0.223 e. The molecule has 1 rings (SSSR count). The van der Waals surface area contributed by atoms with E-state index in [0.29, 0.717) is 18.5 Å². The Balaban J connectivity index is 0. The fraction of sp³-hybridized carbons (Fsp3) is 0.929. The summed E-state index contributed by atoms with van der Waals surface area (Å²) in [5, 5.41) is 3.07. The lowest BCUT2D eigenvalue weighted by Gasteiger charge is -2.25. The number of nitrogens with zero attached hydrogens (tertiary/aromatic N) is 1. The molecule has 20 heavy (non-hydrogen) atoms. The topological polar surface area (TPSA) is 58.4 Å². The van der Waals surface area contributed by atoms with Crippen LogP contribution in [0.4, 0.5) is 0 Å². The molecule has 4 nitrogen and oxygen atoms in total. The number of amides is 1. The molecule has 0 radical (unpaired) electrons. The number of likely N-dealkylation sites (N-methyl/N-ethyl adjacent to an activating group) is 1. The molecule has 6 heteroatoms. The summed E-state index contributed by atoms with van der Waals surface area (Å²) in [6.07, 6.45) is 3.27. The molecule has 0 bridgehead atoms. The molecule has 0 unspecified atom stereocenters. The third-order valence-electron chi connectivity index (χ3n) is 4.13. The van der Waals surface area contributed by atoms with Gasteiger partial charge in [-0.2, -0.15) is 0 Å². The molecule has 0 saturated heterocycles. The van der Waals surface area contributed by atoms with Crippen LogP contribution in [0.5, 0.6) is 0 Å². The van der Waals surface area contributed by atoms with Crippen LogP contribution in [0.1, 0.15) is 40.0 Å². The van der Waals surface area contributed by atoms with E-state index in [1.54, 1.807) is 0 Å². The zero-order valence-corrected chi connectivity index (χ0v) is 14.6. The van der Waals surface area contributed by atoms with Crippen molar-refractivity contribution in [1.82, 2.24) is 10.2 Å². The third-order valence-corrected chi connectivity index (χ3v) is 4.13. The van der Waals surface area contributed by atoms with Gasteiger partial charge in [-0.1, -0.05) is 13.3 Å². The van der Waals surface area contributed by atoms with Gasteiger partial charge in [-0.3, -0.25) is 9.69 Å². The lowest BCUT2D eigenvalue weighted by molar-refractivity contribution is -0.126. The number of rotatable bonds is 7. The van der Waals surface area contributed by atoms with Gasteiger partial charge in [0.05, 0.1) is 0 Å². The van der Waals surface area contributed by atoms with Crippen molar-refractivity contribution in [3.8, 4) is 0 Å². The Morgan fingerprint density at radius 2 is 2.00 bits per heavy atom. The van der Waals surface area contributed by atoms with Crippen LogP contribution in [0.3, 0.4) is 0 Å². The van der Waals surface area contributed by atoms with E-state index < -0.39 is 0 Å². The number of halogens is 2. The van der Waals surface area contributed by atoms with Crippen molar-refractivity contribution >= 4 is 30.7 Å². The van der Waals surface area contributed by atoms with Gasteiger partial charge in [0.25, 0.3) is 0 Å². The van der Waals surface area contributed by atoms with E-state index in [0.717, 1.165) is 38.9 Å². The van der Waals surface area contributed by atoms with E-state index >= 15 is 0 Å². The van der Waals surface area contributed by atoms with E-state index in [-0.39, 0.29) is 36.6 Å². The van der Waals surface area contributed by atoms with Gasteiger partial charge in [-0.15, -0.1) is 24.8 Å². The second-order valence-corrected chi connectivity index (χ2v) is 5.55. The van der Waals surface area contributed by atoms with E-state index in [1.807, 2.05) is 0 Å². The lowest BCUT2D eigenvalue weighted by Crippen LogP contribution is -2.41. The molecule has 0 aliphatic heterocycles. The van der Waals surface area contributed by atoms with E-state index in [4.69, 9.17) is 5.73 Å². The number of carbonyl (C=O) groups is 1. The molecule has 0 spiro atoms. The summed E-state index contributed by atoms with van der Waals surface area (Å²) in [5.74, 6) is 0.768. The fourth-order valence-electron chi connectivity index (χ4n) is 2.90. The van der Waals surface area contributed by atoms with Crippen LogP contribution in [-0.4, -0.2) is 43.0 Å². The highest BCUT2D eigenvalue weighted by atomic mass is 35.5. The standard InChI is InChI=1S/C14H29N3O.2ClH/c1-4-17(11(2)3)9-8-16-14(18)13-7-5-6-12(13)10-15;;/h11-13H,4-10,15H2,1-3H3,(H,16,18);2*1H/t12-,13-;;/m1../s1. The summed E-state index contributed by atoms with van der Waals surface area (Å²) in [4.78, 5) is 14.4. The zero-order chi connectivity index (χ0) is 13.5. The van der Waals surface area contributed by atoms with Gasteiger partial charge in [0, 0.05) is 25.0 Å². The van der Waals surface area contributed by atoms with Crippen LogP contribution >= 0.6 is 24.8 Å². The highest BCUT2D eigenvalue weighted by molar-refractivity contribution is 5.85. The number of carbonyl (C=O) groups excluding carboxylic acids is 1. The van der Waals surface area contributed by atoms with Crippen molar-refractivity contribution in [1.29, 1.82) is 0 Å². The van der Waals surface area contributed by atoms with Crippen molar-refractivity contribution in [3.63, 3.8) is 0 Å². The van der Waals surface area contributed by atoms with Gasteiger partial charge in [-0.25, -0.2) is 0 Å². The van der Waals surface area contributed by atoms with Gasteiger partial charge in [-0.05, 0) is 45.7 Å². The molecule has 1 aliphatic rings. The zero-order valence-electron chi connectivity index (χ0n) is 12.9. The minimum atomic E-state index is 0. The van der Waals surface area contributed by atoms with Gasteiger partial charge in [0.2, 0.25) is 5.91 Å². The van der Waals surface area contributed by atoms with Gasteiger partial charge < -0.3 is 11.1 Å².